The largest absolute Gasteiger partial charge is 0.308 e. The van der Waals surface area contributed by atoms with Crippen LogP contribution >= 0.6 is 0 Å². The molecular weight excluding hydrogens is 272 g/mol. The second-order valence-corrected chi connectivity index (χ2v) is 9.99. The highest BCUT2D eigenvalue weighted by Gasteiger charge is 2.53. The molecule has 5 heteroatoms. The van der Waals surface area contributed by atoms with Gasteiger partial charge in [-0.05, 0) is 51.4 Å². The van der Waals surface area contributed by atoms with Crippen LogP contribution in [0.15, 0.2) is 0 Å². The normalized spacial score (nSPS) is 40.0. The maximum Gasteiger partial charge on any atom is 0.148 e. The van der Waals surface area contributed by atoms with E-state index in [0.29, 0.717) is 6.54 Å². The van der Waals surface area contributed by atoms with Gasteiger partial charge in [0.2, 0.25) is 0 Å². The van der Waals surface area contributed by atoms with Crippen LogP contribution in [0.2, 0.25) is 0 Å². The monoisotopic (exact) mass is 300 g/mol. The Morgan fingerprint density at radius 1 is 1.15 bits per heavy atom. The van der Waals surface area contributed by atoms with Crippen molar-refractivity contribution in [2.24, 2.45) is 11.8 Å². The van der Waals surface area contributed by atoms with Crippen molar-refractivity contribution < 1.29 is 8.42 Å². The zero-order valence-electron chi connectivity index (χ0n) is 13.0. The summed E-state index contributed by atoms with van der Waals surface area (Å²) in [6.07, 6.45) is 6.60. The highest BCUT2D eigenvalue weighted by atomic mass is 32.2. The maximum absolute atomic E-state index is 11.5. The summed E-state index contributed by atoms with van der Waals surface area (Å²) < 4.78 is 23.1. The number of rotatable bonds is 5. The van der Waals surface area contributed by atoms with Gasteiger partial charge in [-0.3, -0.25) is 4.90 Å². The third-order valence-corrected chi connectivity index (χ3v) is 6.68. The van der Waals surface area contributed by atoms with Crippen LogP contribution in [0.25, 0.3) is 0 Å². The molecule has 1 saturated heterocycles. The Morgan fingerprint density at radius 2 is 1.75 bits per heavy atom. The first-order chi connectivity index (χ1) is 9.23. The minimum Gasteiger partial charge on any atom is -0.308 e. The zero-order valence-corrected chi connectivity index (χ0v) is 13.8. The molecule has 2 saturated carbocycles. The fourth-order valence-electron chi connectivity index (χ4n) is 3.84. The van der Waals surface area contributed by atoms with Crippen LogP contribution in [0.3, 0.4) is 0 Å². The molecule has 116 valence electrons. The van der Waals surface area contributed by atoms with Gasteiger partial charge in [0, 0.05) is 37.0 Å². The summed E-state index contributed by atoms with van der Waals surface area (Å²) in [4.78, 5) is 2.49. The standard InChI is InChI=1S/C15H28N2O2S/c1-14(12-4-5-12)11-17(8-9-20(3,18)19)15(2,10-16-14)13-6-7-13/h12-13,16H,4-11H2,1-3H3. The van der Waals surface area contributed by atoms with Gasteiger partial charge in [0.25, 0.3) is 0 Å². The summed E-state index contributed by atoms with van der Waals surface area (Å²) in [7, 11) is -2.88. The molecule has 0 amide bonds. The average molecular weight is 300 g/mol. The van der Waals surface area contributed by atoms with Gasteiger partial charge in [-0.25, -0.2) is 8.42 Å². The molecule has 0 bridgehead atoms. The zero-order chi connectivity index (χ0) is 14.6. The Kier molecular flexibility index (Phi) is 3.46. The van der Waals surface area contributed by atoms with Crippen molar-refractivity contribution in [3.05, 3.63) is 0 Å². The third-order valence-electron chi connectivity index (χ3n) is 5.76. The summed E-state index contributed by atoms with van der Waals surface area (Å²) in [5.41, 5.74) is 0.338. The van der Waals surface area contributed by atoms with Crippen molar-refractivity contribution in [1.82, 2.24) is 10.2 Å². The predicted octanol–water partition coefficient (Wildman–Crippen LogP) is 1.27. The Labute approximate surface area is 123 Å². The lowest BCUT2D eigenvalue weighted by Gasteiger charge is -2.53. The van der Waals surface area contributed by atoms with Gasteiger partial charge >= 0.3 is 0 Å². The van der Waals surface area contributed by atoms with Crippen LogP contribution in [0.4, 0.5) is 0 Å². The molecule has 1 heterocycles. The minimum absolute atomic E-state index is 0.152. The van der Waals surface area contributed by atoms with Gasteiger partial charge in [0.15, 0.2) is 0 Å². The predicted molar refractivity (Wildman–Crippen MR) is 81.5 cm³/mol. The average Bonchev–Trinajstić information content (AvgIpc) is 3.17. The summed E-state index contributed by atoms with van der Waals surface area (Å²) in [5, 5.41) is 3.81. The van der Waals surface area contributed by atoms with E-state index in [1.165, 1.54) is 31.9 Å². The molecule has 1 aliphatic heterocycles. The molecule has 4 nitrogen and oxygen atoms in total. The van der Waals surface area contributed by atoms with E-state index < -0.39 is 9.84 Å². The van der Waals surface area contributed by atoms with E-state index in [1.807, 2.05) is 0 Å². The van der Waals surface area contributed by atoms with Crippen molar-refractivity contribution >= 4 is 9.84 Å². The molecule has 0 aromatic heterocycles. The molecule has 0 aromatic rings. The van der Waals surface area contributed by atoms with Crippen LogP contribution in [0.1, 0.15) is 39.5 Å². The first kappa shape index (κ1) is 14.8. The summed E-state index contributed by atoms with van der Waals surface area (Å²) in [5.74, 6) is 1.82. The van der Waals surface area contributed by atoms with Crippen LogP contribution in [0, 0.1) is 11.8 Å². The van der Waals surface area contributed by atoms with Gasteiger partial charge in [-0.1, -0.05) is 0 Å². The van der Waals surface area contributed by atoms with Crippen molar-refractivity contribution in [2.45, 2.75) is 50.6 Å². The highest BCUT2D eigenvalue weighted by Crippen LogP contribution is 2.48. The molecule has 0 radical (unpaired) electrons. The Hall–Kier alpha value is -0.130. The number of piperazine rings is 1. The summed E-state index contributed by atoms with van der Waals surface area (Å²) >= 11 is 0. The topological polar surface area (TPSA) is 49.4 Å². The fourth-order valence-corrected chi connectivity index (χ4v) is 4.39. The molecule has 2 unspecified atom stereocenters. The van der Waals surface area contributed by atoms with Crippen molar-refractivity contribution in [1.29, 1.82) is 0 Å². The van der Waals surface area contributed by atoms with E-state index in [4.69, 9.17) is 0 Å². The first-order valence-corrected chi connectivity index (χ1v) is 9.97. The third kappa shape index (κ3) is 2.90. The smallest absolute Gasteiger partial charge is 0.148 e. The van der Waals surface area contributed by atoms with Crippen molar-refractivity contribution in [3.8, 4) is 0 Å². The Morgan fingerprint density at radius 3 is 2.25 bits per heavy atom. The van der Waals surface area contributed by atoms with Crippen LogP contribution in [-0.4, -0.2) is 56.0 Å². The summed E-state index contributed by atoms with van der Waals surface area (Å²) in [6.45, 7) is 7.35. The molecule has 3 rings (SSSR count). The first-order valence-electron chi connectivity index (χ1n) is 7.91. The molecule has 3 aliphatic rings. The van der Waals surface area contributed by atoms with Crippen LogP contribution < -0.4 is 5.32 Å². The number of hydrogen-bond donors (Lipinski definition) is 1. The van der Waals surface area contributed by atoms with E-state index in [2.05, 4.69) is 24.1 Å². The number of hydrogen-bond acceptors (Lipinski definition) is 4. The maximum atomic E-state index is 11.5. The molecule has 3 fully saturated rings. The Bertz CT molecular complexity index is 484. The van der Waals surface area contributed by atoms with E-state index >= 15 is 0 Å². The molecule has 0 aromatic carbocycles. The van der Waals surface area contributed by atoms with Gasteiger partial charge in [0.1, 0.15) is 9.84 Å². The number of sulfone groups is 1. The second-order valence-electron chi connectivity index (χ2n) is 7.73. The lowest BCUT2D eigenvalue weighted by Crippen LogP contribution is -2.70. The van der Waals surface area contributed by atoms with Gasteiger partial charge in [0.05, 0.1) is 5.75 Å². The fraction of sp³-hybridized carbons (Fsp3) is 1.00. The SMILES string of the molecule is CC1(C2CC2)CN(CCS(C)(=O)=O)C(C)(C2CC2)CN1. The van der Waals surface area contributed by atoms with E-state index in [-0.39, 0.29) is 16.8 Å². The van der Waals surface area contributed by atoms with E-state index in [1.54, 1.807) is 0 Å². The van der Waals surface area contributed by atoms with Crippen LogP contribution in [0.5, 0.6) is 0 Å². The molecule has 1 N–H and O–H groups in total. The van der Waals surface area contributed by atoms with Gasteiger partial charge < -0.3 is 5.32 Å². The molecular formula is C15H28N2O2S. The lowest BCUT2D eigenvalue weighted by atomic mass is 9.83. The second kappa shape index (κ2) is 4.68. The van der Waals surface area contributed by atoms with Crippen LogP contribution in [-0.2, 0) is 9.84 Å². The minimum atomic E-state index is -2.88. The van der Waals surface area contributed by atoms with E-state index in [0.717, 1.165) is 24.9 Å². The molecule has 2 aliphatic carbocycles. The lowest BCUT2D eigenvalue weighted by molar-refractivity contribution is 0.00395. The number of nitrogens with zero attached hydrogens (tertiary/aromatic N) is 1. The molecule has 2 atom stereocenters. The van der Waals surface area contributed by atoms with Gasteiger partial charge in [-0.2, -0.15) is 0 Å². The molecule has 20 heavy (non-hydrogen) atoms. The van der Waals surface area contributed by atoms with Gasteiger partial charge in [-0.15, -0.1) is 0 Å². The molecule has 0 spiro atoms. The van der Waals surface area contributed by atoms with Crippen molar-refractivity contribution in [2.75, 3.05) is 31.6 Å². The van der Waals surface area contributed by atoms with Crippen molar-refractivity contribution in [3.63, 3.8) is 0 Å². The van der Waals surface area contributed by atoms with E-state index in [9.17, 15) is 8.42 Å². The number of nitrogens with one attached hydrogen (secondary N) is 1. The highest BCUT2D eigenvalue weighted by molar-refractivity contribution is 7.90. The quantitative estimate of drug-likeness (QED) is 0.831. The Balaban J connectivity index is 1.75. The summed E-state index contributed by atoms with van der Waals surface area (Å²) in [6, 6.07) is 0.